The van der Waals surface area contributed by atoms with Gasteiger partial charge >= 0.3 is 0 Å². The third kappa shape index (κ3) is 3.90. The SMILES string of the molecule is CC(Cc1cccs1)Nc1cc([N+](=O)[O-])cc(Cl)n1. The van der Waals surface area contributed by atoms with Crippen molar-refractivity contribution in [3.63, 3.8) is 0 Å². The van der Waals surface area contributed by atoms with Crippen LogP contribution in [0.5, 0.6) is 0 Å². The van der Waals surface area contributed by atoms with E-state index in [4.69, 9.17) is 11.6 Å². The summed E-state index contributed by atoms with van der Waals surface area (Å²) in [5.74, 6) is 0.420. The smallest absolute Gasteiger partial charge is 0.276 e. The van der Waals surface area contributed by atoms with E-state index in [2.05, 4.69) is 16.4 Å². The van der Waals surface area contributed by atoms with Crippen LogP contribution in [-0.2, 0) is 6.42 Å². The highest BCUT2D eigenvalue weighted by Gasteiger charge is 2.12. The van der Waals surface area contributed by atoms with Gasteiger partial charge in [-0.1, -0.05) is 17.7 Å². The number of rotatable bonds is 5. The molecule has 5 nitrogen and oxygen atoms in total. The molecule has 1 atom stereocenters. The Morgan fingerprint density at radius 3 is 3.00 bits per heavy atom. The van der Waals surface area contributed by atoms with E-state index in [1.54, 1.807) is 11.3 Å². The molecule has 0 aliphatic heterocycles. The molecule has 1 N–H and O–H groups in total. The summed E-state index contributed by atoms with van der Waals surface area (Å²) >= 11 is 7.45. The third-order valence-electron chi connectivity index (χ3n) is 2.47. The molecule has 2 aromatic heterocycles. The van der Waals surface area contributed by atoms with Crippen LogP contribution in [0.15, 0.2) is 29.6 Å². The minimum absolute atomic E-state index is 0.0641. The highest BCUT2D eigenvalue weighted by atomic mass is 35.5. The molecule has 2 heterocycles. The second-order valence-electron chi connectivity index (χ2n) is 4.12. The van der Waals surface area contributed by atoms with E-state index in [-0.39, 0.29) is 16.9 Å². The Kier molecular flexibility index (Phi) is 4.34. The highest BCUT2D eigenvalue weighted by Crippen LogP contribution is 2.21. The normalized spacial score (nSPS) is 12.1. The summed E-state index contributed by atoms with van der Waals surface area (Å²) in [5.41, 5.74) is -0.0641. The molecular formula is C12H12ClN3O2S. The van der Waals surface area contributed by atoms with E-state index in [0.29, 0.717) is 5.82 Å². The van der Waals surface area contributed by atoms with Gasteiger partial charge in [0, 0.05) is 17.3 Å². The van der Waals surface area contributed by atoms with Crippen molar-refractivity contribution in [3.05, 3.63) is 49.8 Å². The van der Waals surface area contributed by atoms with Gasteiger partial charge in [0.25, 0.3) is 5.69 Å². The number of hydrogen-bond acceptors (Lipinski definition) is 5. The Hall–Kier alpha value is -1.66. The summed E-state index contributed by atoms with van der Waals surface area (Å²) in [7, 11) is 0. The van der Waals surface area contributed by atoms with Crippen molar-refractivity contribution in [2.24, 2.45) is 0 Å². The zero-order chi connectivity index (χ0) is 13.8. The lowest BCUT2D eigenvalue weighted by molar-refractivity contribution is -0.384. The maximum atomic E-state index is 10.7. The molecule has 0 saturated heterocycles. The largest absolute Gasteiger partial charge is 0.367 e. The fraction of sp³-hybridized carbons (Fsp3) is 0.250. The van der Waals surface area contributed by atoms with Crippen molar-refractivity contribution in [3.8, 4) is 0 Å². The van der Waals surface area contributed by atoms with Gasteiger partial charge in [-0.3, -0.25) is 10.1 Å². The molecule has 0 aliphatic rings. The first-order chi connectivity index (χ1) is 9.04. The van der Waals surface area contributed by atoms with Crippen LogP contribution in [0.25, 0.3) is 0 Å². The number of nitro groups is 1. The molecule has 0 bridgehead atoms. The number of nitrogens with one attached hydrogen (secondary N) is 1. The van der Waals surface area contributed by atoms with Crippen molar-refractivity contribution >= 4 is 34.4 Å². The Bertz CT molecular complexity index is 574. The summed E-state index contributed by atoms with van der Waals surface area (Å²) in [5, 5.41) is 16.0. The maximum absolute atomic E-state index is 10.7. The predicted molar refractivity (Wildman–Crippen MR) is 77.0 cm³/mol. The number of aromatic nitrogens is 1. The van der Waals surface area contributed by atoms with E-state index < -0.39 is 4.92 Å². The Morgan fingerprint density at radius 2 is 2.37 bits per heavy atom. The van der Waals surface area contributed by atoms with Crippen LogP contribution < -0.4 is 5.32 Å². The lowest BCUT2D eigenvalue weighted by atomic mass is 10.2. The Morgan fingerprint density at radius 1 is 1.58 bits per heavy atom. The van der Waals surface area contributed by atoms with Crippen molar-refractivity contribution in [1.82, 2.24) is 4.98 Å². The van der Waals surface area contributed by atoms with E-state index in [0.717, 1.165) is 6.42 Å². The third-order valence-corrected chi connectivity index (χ3v) is 3.56. The summed E-state index contributed by atoms with van der Waals surface area (Å²) < 4.78 is 0. The number of anilines is 1. The molecule has 0 amide bonds. The van der Waals surface area contributed by atoms with Crippen LogP contribution in [0.1, 0.15) is 11.8 Å². The van der Waals surface area contributed by atoms with Crippen molar-refractivity contribution in [2.75, 3.05) is 5.32 Å². The zero-order valence-corrected chi connectivity index (χ0v) is 11.7. The number of halogens is 1. The van der Waals surface area contributed by atoms with Gasteiger partial charge in [0.1, 0.15) is 11.0 Å². The van der Waals surface area contributed by atoms with E-state index in [1.807, 2.05) is 18.4 Å². The zero-order valence-electron chi connectivity index (χ0n) is 10.2. The van der Waals surface area contributed by atoms with Crippen LogP contribution in [0.3, 0.4) is 0 Å². The first-order valence-corrected chi connectivity index (χ1v) is 6.91. The molecule has 7 heteroatoms. The van der Waals surface area contributed by atoms with Crippen molar-refractivity contribution in [2.45, 2.75) is 19.4 Å². The van der Waals surface area contributed by atoms with Crippen LogP contribution in [0.2, 0.25) is 5.15 Å². The quantitative estimate of drug-likeness (QED) is 0.518. The summed E-state index contributed by atoms with van der Waals surface area (Å²) in [6, 6.07) is 6.78. The summed E-state index contributed by atoms with van der Waals surface area (Å²) in [4.78, 5) is 15.5. The molecular weight excluding hydrogens is 286 g/mol. The fourth-order valence-corrected chi connectivity index (χ4v) is 2.73. The molecule has 2 rings (SSSR count). The van der Waals surface area contributed by atoms with Gasteiger partial charge in [-0.15, -0.1) is 11.3 Å². The lowest BCUT2D eigenvalue weighted by Crippen LogP contribution is -2.18. The molecule has 100 valence electrons. The van der Waals surface area contributed by atoms with Crippen molar-refractivity contribution < 1.29 is 4.92 Å². The molecule has 0 aliphatic carbocycles. The second kappa shape index (κ2) is 5.99. The standard InChI is InChI=1S/C12H12ClN3O2S/c1-8(5-10-3-2-4-19-10)14-12-7-9(16(17)18)6-11(13)15-12/h2-4,6-8H,5H2,1H3,(H,14,15). The predicted octanol–water partition coefficient (Wildman–Crippen LogP) is 3.75. The van der Waals surface area contributed by atoms with Crippen molar-refractivity contribution in [1.29, 1.82) is 0 Å². The van der Waals surface area contributed by atoms with Gasteiger partial charge in [0.15, 0.2) is 0 Å². The van der Waals surface area contributed by atoms with Gasteiger partial charge in [-0.2, -0.15) is 0 Å². The van der Waals surface area contributed by atoms with Crippen LogP contribution >= 0.6 is 22.9 Å². The molecule has 0 spiro atoms. The molecule has 0 fully saturated rings. The number of nitrogens with zero attached hydrogens (tertiary/aromatic N) is 2. The molecule has 0 radical (unpaired) electrons. The minimum Gasteiger partial charge on any atom is -0.367 e. The summed E-state index contributed by atoms with van der Waals surface area (Å²) in [6.07, 6.45) is 0.833. The van der Waals surface area contributed by atoms with Gasteiger partial charge in [0.05, 0.1) is 17.1 Å². The van der Waals surface area contributed by atoms with Crippen LogP contribution in [0, 0.1) is 10.1 Å². The number of hydrogen-bond donors (Lipinski definition) is 1. The molecule has 19 heavy (non-hydrogen) atoms. The number of pyridine rings is 1. The van der Waals surface area contributed by atoms with Gasteiger partial charge in [0.2, 0.25) is 0 Å². The Labute approximate surface area is 119 Å². The van der Waals surface area contributed by atoms with E-state index in [1.165, 1.54) is 17.0 Å². The molecule has 1 unspecified atom stereocenters. The highest BCUT2D eigenvalue weighted by molar-refractivity contribution is 7.09. The molecule has 2 aromatic rings. The maximum Gasteiger partial charge on any atom is 0.276 e. The first-order valence-electron chi connectivity index (χ1n) is 5.65. The summed E-state index contributed by atoms with van der Waals surface area (Å²) in [6.45, 7) is 1.99. The van der Waals surface area contributed by atoms with Gasteiger partial charge < -0.3 is 5.32 Å². The van der Waals surface area contributed by atoms with Crippen LogP contribution in [0.4, 0.5) is 11.5 Å². The minimum atomic E-state index is -0.483. The van der Waals surface area contributed by atoms with E-state index >= 15 is 0 Å². The average Bonchev–Trinajstić information content (AvgIpc) is 2.80. The average molecular weight is 298 g/mol. The van der Waals surface area contributed by atoms with Gasteiger partial charge in [-0.25, -0.2) is 4.98 Å². The monoisotopic (exact) mass is 297 g/mol. The molecule has 0 saturated carbocycles. The van der Waals surface area contributed by atoms with Gasteiger partial charge in [-0.05, 0) is 18.4 Å². The number of thiophene rings is 1. The first kappa shape index (κ1) is 13.8. The molecule has 0 aromatic carbocycles. The lowest BCUT2D eigenvalue weighted by Gasteiger charge is -2.13. The van der Waals surface area contributed by atoms with Crippen LogP contribution in [-0.4, -0.2) is 15.9 Å². The Balaban J connectivity index is 2.08. The fourth-order valence-electron chi connectivity index (χ4n) is 1.70. The van der Waals surface area contributed by atoms with E-state index in [9.17, 15) is 10.1 Å². The second-order valence-corrected chi connectivity index (χ2v) is 5.54. The topological polar surface area (TPSA) is 68.1 Å².